The fraction of sp³-hybridized carbons (Fsp3) is 0.857. The molecule has 0 bridgehead atoms. The Morgan fingerprint density at radius 3 is 1.85 bits per heavy atom. The minimum Gasteiger partial charge on any atom is -0.200 e. The minimum absolute atomic E-state index is 0.150. The predicted molar refractivity (Wildman–Crippen MR) is 40.3 cm³/mol. The highest BCUT2D eigenvalue weighted by Crippen LogP contribution is 2.69. The van der Waals surface area contributed by atoms with Crippen LogP contribution in [0.5, 0.6) is 0 Å². The molecule has 0 aromatic rings. The first-order valence-corrected chi connectivity index (χ1v) is 4.44. The van der Waals surface area contributed by atoms with Crippen molar-refractivity contribution in [1.29, 1.82) is 0 Å². The first-order valence-electron chi connectivity index (χ1n) is 3.68. The van der Waals surface area contributed by atoms with E-state index >= 15 is 0 Å². The van der Waals surface area contributed by atoms with Gasteiger partial charge in [0.05, 0.1) is 5.92 Å². The van der Waals surface area contributed by atoms with Crippen molar-refractivity contribution in [3.63, 3.8) is 0 Å². The summed E-state index contributed by atoms with van der Waals surface area (Å²) in [5.41, 5.74) is 0. The Bertz CT molecular complexity index is 251. The topological polar surface area (TPSA) is 0 Å². The third-order valence-corrected chi connectivity index (χ3v) is 3.36. The Labute approximate surface area is 82.2 Å². The van der Waals surface area contributed by atoms with Crippen LogP contribution in [-0.4, -0.2) is 16.2 Å². The molecule has 13 heavy (non-hydrogen) atoms. The summed E-state index contributed by atoms with van der Waals surface area (Å²) < 4.78 is 48.9. The van der Waals surface area contributed by atoms with Crippen molar-refractivity contribution < 1.29 is 17.6 Å². The zero-order valence-electron chi connectivity index (χ0n) is 6.26. The molecule has 6 heteroatoms. The standard InChI is InChI=1S/C7H5Cl2F4/c8-5(9)1-3(5)4-2-6(10,11)7(4,12)13/h3H,1-2H2. The zero-order chi connectivity index (χ0) is 10.1. The van der Waals surface area contributed by atoms with E-state index in [9.17, 15) is 17.6 Å². The second-order valence-corrected chi connectivity index (χ2v) is 5.04. The van der Waals surface area contributed by atoms with Crippen molar-refractivity contribution in [2.45, 2.75) is 29.0 Å². The number of halogens is 6. The molecule has 0 amide bonds. The summed E-state index contributed by atoms with van der Waals surface area (Å²) >= 11 is 11.0. The van der Waals surface area contributed by atoms with Gasteiger partial charge in [0.1, 0.15) is 4.33 Å². The van der Waals surface area contributed by atoms with Crippen LogP contribution in [0.1, 0.15) is 12.8 Å². The van der Waals surface area contributed by atoms with E-state index in [0.29, 0.717) is 0 Å². The van der Waals surface area contributed by atoms with Crippen molar-refractivity contribution in [3.8, 4) is 0 Å². The molecule has 0 aromatic carbocycles. The van der Waals surface area contributed by atoms with Crippen LogP contribution in [0.15, 0.2) is 0 Å². The summed E-state index contributed by atoms with van der Waals surface area (Å²) in [5, 5.41) is 0. The lowest BCUT2D eigenvalue weighted by atomic mass is 9.73. The monoisotopic (exact) mass is 235 g/mol. The van der Waals surface area contributed by atoms with Crippen molar-refractivity contribution in [3.05, 3.63) is 5.92 Å². The zero-order valence-corrected chi connectivity index (χ0v) is 7.77. The molecule has 1 atom stereocenters. The van der Waals surface area contributed by atoms with E-state index < -0.39 is 34.4 Å². The van der Waals surface area contributed by atoms with Crippen LogP contribution < -0.4 is 0 Å². The number of alkyl halides is 6. The lowest BCUT2D eigenvalue weighted by Gasteiger charge is -2.43. The maximum Gasteiger partial charge on any atom is 0.317 e. The van der Waals surface area contributed by atoms with E-state index in [4.69, 9.17) is 23.2 Å². The van der Waals surface area contributed by atoms with Crippen molar-refractivity contribution in [1.82, 2.24) is 0 Å². The van der Waals surface area contributed by atoms with Gasteiger partial charge in [0.15, 0.2) is 0 Å². The SMILES string of the molecule is FC1(F)C[C](C2CC2(Cl)Cl)C1(F)F. The Morgan fingerprint density at radius 2 is 1.62 bits per heavy atom. The lowest BCUT2D eigenvalue weighted by Crippen LogP contribution is -2.58. The second-order valence-electron chi connectivity index (χ2n) is 3.50. The Balaban J connectivity index is 2.08. The molecule has 0 N–H and O–H groups in total. The Hall–Kier alpha value is 0.300. The van der Waals surface area contributed by atoms with E-state index in [2.05, 4.69) is 0 Å². The maximum atomic E-state index is 12.7. The van der Waals surface area contributed by atoms with Crippen LogP contribution >= 0.6 is 23.2 Å². The van der Waals surface area contributed by atoms with Gasteiger partial charge in [-0.1, -0.05) is 0 Å². The van der Waals surface area contributed by atoms with E-state index in [1.54, 1.807) is 0 Å². The average Bonchev–Trinajstić information content (AvgIpc) is 2.54. The van der Waals surface area contributed by atoms with E-state index in [0.717, 1.165) is 0 Å². The van der Waals surface area contributed by atoms with Crippen LogP contribution in [0, 0.1) is 11.8 Å². The Morgan fingerprint density at radius 1 is 1.15 bits per heavy atom. The van der Waals surface area contributed by atoms with E-state index in [1.807, 2.05) is 0 Å². The summed E-state index contributed by atoms with van der Waals surface area (Å²) in [4.78, 5) is 0. The summed E-state index contributed by atoms with van der Waals surface area (Å²) in [6.07, 6.45) is -0.733. The molecule has 0 spiro atoms. The van der Waals surface area contributed by atoms with E-state index in [-0.39, 0.29) is 6.42 Å². The molecule has 0 saturated heterocycles. The van der Waals surface area contributed by atoms with Gasteiger partial charge in [-0.25, -0.2) is 0 Å². The molecular weight excluding hydrogens is 231 g/mol. The second kappa shape index (κ2) is 2.27. The molecule has 0 aromatic heterocycles. The fourth-order valence-corrected chi connectivity index (χ4v) is 2.09. The van der Waals surface area contributed by atoms with Gasteiger partial charge in [-0.05, 0) is 6.42 Å². The molecule has 2 aliphatic carbocycles. The number of hydrogen-bond acceptors (Lipinski definition) is 0. The predicted octanol–water partition coefficient (Wildman–Crippen LogP) is 3.43. The van der Waals surface area contributed by atoms with Gasteiger partial charge >= 0.3 is 11.8 Å². The van der Waals surface area contributed by atoms with Gasteiger partial charge in [0.25, 0.3) is 0 Å². The first-order chi connectivity index (χ1) is 5.68. The van der Waals surface area contributed by atoms with Crippen LogP contribution in [0.25, 0.3) is 0 Å². The minimum atomic E-state index is -4.01. The summed E-state index contributed by atoms with van der Waals surface area (Å²) in [7, 11) is 0. The van der Waals surface area contributed by atoms with E-state index in [1.165, 1.54) is 0 Å². The quantitative estimate of drug-likeness (QED) is 0.483. The Kier molecular flexibility index (Phi) is 1.72. The average molecular weight is 236 g/mol. The summed E-state index contributed by atoms with van der Waals surface area (Å²) in [6, 6.07) is 0. The molecule has 1 unspecified atom stereocenters. The number of rotatable bonds is 1. The summed E-state index contributed by atoms with van der Waals surface area (Å²) in [6.45, 7) is 0. The van der Waals surface area contributed by atoms with Crippen LogP contribution in [0.4, 0.5) is 17.6 Å². The first kappa shape index (κ1) is 9.84. The molecule has 2 fully saturated rings. The van der Waals surface area contributed by atoms with Crippen LogP contribution in [0.2, 0.25) is 0 Å². The molecule has 1 radical (unpaired) electrons. The highest BCUT2D eigenvalue weighted by molar-refractivity contribution is 6.51. The summed E-state index contributed by atoms with van der Waals surface area (Å²) in [5.74, 6) is -9.18. The molecule has 2 saturated carbocycles. The highest BCUT2D eigenvalue weighted by Gasteiger charge is 2.78. The van der Waals surface area contributed by atoms with Crippen molar-refractivity contribution in [2.24, 2.45) is 5.92 Å². The van der Waals surface area contributed by atoms with Gasteiger partial charge < -0.3 is 0 Å². The molecule has 75 valence electrons. The van der Waals surface area contributed by atoms with Gasteiger partial charge in [-0.3, -0.25) is 0 Å². The van der Waals surface area contributed by atoms with Crippen molar-refractivity contribution in [2.75, 3.05) is 0 Å². The third kappa shape index (κ3) is 1.18. The van der Waals surface area contributed by atoms with Gasteiger partial charge in [-0.15, -0.1) is 23.2 Å². The van der Waals surface area contributed by atoms with Gasteiger partial charge in [0.2, 0.25) is 0 Å². The molecule has 2 rings (SSSR count). The van der Waals surface area contributed by atoms with Crippen LogP contribution in [-0.2, 0) is 0 Å². The smallest absolute Gasteiger partial charge is 0.200 e. The maximum absolute atomic E-state index is 12.7. The lowest BCUT2D eigenvalue weighted by molar-refractivity contribution is -0.258. The molecule has 0 aliphatic heterocycles. The fourth-order valence-electron chi connectivity index (χ4n) is 1.52. The van der Waals surface area contributed by atoms with Gasteiger partial charge in [-0.2, -0.15) is 17.6 Å². The molecule has 0 nitrogen and oxygen atoms in total. The molecule has 0 heterocycles. The third-order valence-electron chi connectivity index (χ3n) is 2.52. The molecular formula is C7H5Cl2F4. The van der Waals surface area contributed by atoms with Gasteiger partial charge in [0, 0.05) is 12.3 Å². The largest absolute Gasteiger partial charge is 0.317 e. The number of hydrogen-bond donors (Lipinski definition) is 0. The van der Waals surface area contributed by atoms with Crippen molar-refractivity contribution >= 4 is 23.2 Å². The molecule has 2 aliphatic rings. The normalized spacial score (nSPS) is 39.7. The van der Waals surface area contributed by atoms with Crippen LogP contribution in [0.3, 0.4) is 0 Å². The highest BCUT2D eigenvalue weighted by atomic mass is 35.5.